The molecule has 0 radical (unpaired) electrons. The number of fused-ring (bicyclic) bond motifs is 1. The van der Waals surface area contributed by atoms with Gasteiger partial charge >= 0.3 is 0 Å². The largest absolute Gasteiger partial charge is 0.494 e. The number of imidazole rings is 1. The molecule has 0 aliphatic heterocycles. The van der Waals surface area contributed by atoms with Crippen LogP contribution in [-0.4, -0.2) is 16.7 Å². The first-order chi connectivity index (χ1) is 9.19. The zero-order valence-electron chi connectivity index (χ0n) is 10.3. The maximum atomic E-state index is 13.2. The third-order valence-corrected chi connectivity index (χ3v) is 2.97. The third kappa shape index (κ3) is 1.89. The quantitative estimate of drug-likeness (QED) is 0.718. The molecule has 1 aromatic heterocycles. The molecule has 0 spiro atoms. The van der Waals surface area contributed by atoms with Crippen molar-refractivity contribution in [2.45, 2.75) is 0 Å². The van der Waals surface area contributed by atoms with Crippen molar-refractivity contribution in [3.8, 4) is 11.4 Å². The van der Waals surface area contributed by atoms with Crippen molar-refractivity contribution in [3.05, 3.63) is 48.5 Å². The van der Waals surface area contributed by atoms with E-state index in [1.165, 1.54) is 19.2 Å². The van der Waals surface area contributed by atoms with E-state index in [1.807, 2.05) is 10.6 Å². The van der Waals surface area contributed by atoms with Crippen molar-refractivity contribution >= 4 is 16.7 Å². The number of hydrogen-bond donors (Lipinski definition) is 1. The Kier molecular flexibility index (Phi) is 2.59. The Morgan fingerprint density at radius 1 is 1.21 bits per heavy atom. The minimum atomic E-state index is -0.339. The molecule has 0 saturated carbocycles. The second kappa shape index (κ2) is 4.28. The van der Waals surface area contributed by atoms with Crippen LogP contribution in [0.5, 0.6) is 5.75 Å². The molecular formula is C14H12FN3O. The van der Waals surface area contributed by atoms with Gasteiger partial charge in [-0.3, -0.25) is 4.57 Å². The van der Waals surface area contributed by atoms with E-state index in [0.717, 1.165) is 16.7 Å². The summed E-state index contributed by atoms with van der Waals surface area (Å²) in [4.78, 5) is 4.29. The lowest BCUT2D eigenvalue weighted by Crippen LogP contribution is -1.97. The van der Waals surface area contributed by atoms with Crippen molar-refractivity contribution in [2.24, 2.45) is 0 Å². The Labute approximate surface area is 109 Å². The number of nitrogens with two attached hydrogens (primary N) is 1. The topological polar surface area (TPSA) is 53.1 Å². The highest BCUT2D eigenvalue weighted by molar-refractivity contribution is 5.81. The van der Waals surface area contributed by atoms with E-state index in [-0.39, 0.29) is 5.82 Å². The van der Waals surface area contributed by atoms with E-state index in [9.17, 15) is 4.39 Å². The zero-order valence-corrected chi connectivity index (χ0v) is 10.3. The first-order valence-electron chi connectivity index (χ1n) is 5.75. The van der Waals surface area contributed by atoms with Gasteiger partial charge in [-0.15, -0.1) is 0 Å². The molecule has 0 bridgehead atoms. The van der Waals surface area contributed by atoms with Gasteiger partial charge in [0.15, 0.2) is 0 Å². The Morgan fingerprint density at radius 3 is 2.84 bits per heavy atom. The number of methoxy groups -OCH3 is 1. The van der Waals surface area contributed by atoms with E-state index < -0.39 is 0 Å². The highest BCUT2D eigenvalue weighted by atomic mass is 19.1. The second-order valence-corrected chi connectivity index (χ2v) is 4.18. The first kappa shape index (κ1) is 11.5. The van der Waals surface area contributed by atoms with Gasteiger partial charge in [0.1, 0.15) is 17.9 Å². The molecule has 0 fully saturated rings. The normalized spacial score (nSPS) is 10.8. The SMILES string of the molecule is COc1cc(F)ccc1-n1cnc2cc(N)ccc21. The van der Waals surface area contributed by atoms with Crippen LogP contribution < -0.4 is 10.5 Å². The fourth-order valence-corrected chi connectivity index (χ4v) is 2.07. The van der Waals surface area contributed by atoms with Crippen LogP contribution in [0.15, 0.2) is 42.7 Å². The summed E-state index contributed by atoms with van der Waals surface area (Å²) in [6.45, 7) is 0. The standard InChI is InChI=1S/C14H12FN3O/c1-19-14-6-9(15)2-4-13(14)18-8-17-11-7-10(16)3-5-12(11)18/h2-8H,16H2,1H3. The molecule has 0 aliphatic rings. The predicted molar refractivity (Wildman–Crippen MR) is 72.0 cm³/mol. The van der Waals surface area contributed by atoms with Gasteiger partial charge in [0.2, 0.25) is 0 Å². The molecule has 0 atom stereocenters. The number of halogens is 1. The Hall–Kier alpha value is -2.56. The number of nitrogen functional groups attached to an aromatic ring is 1. The molecule has 0 aliphatic carbocycles. The van der Waals surface area contributed by atoms with Crippen molar-refractivity contribution in [1.82, 2.24) is 9.55 Å². The van der Waals surface area contributed by atoms with Crippen LogP contribution in [0.2, 0.25) is 0 Å². The second-order valence-electron chi connectivity index (χ2n) is 4.18. The molecule has 2 aromatic carbocycles. The molecule has 0 unspecified atom stereocenters. The minimum Gasteiger partial charge on any atom is -0.494 e. The number of hydrogen-bond acceptors (Lipinski definition) is 3. The van der Waals surface area contributed by atoms with Crippen molar-refractivity contribution in [1.29, 1.82) is 0 Å². The lowest BCUT2D eigenvalue weighted by molar-refractivity contribution is 0.409. The van der Waals surface area contributed by atoms with Gasteiger partial charge in [0.05, 0.1) is 23.8 Å². The average molecular weight is 257 g/mol. The Morgan fingerprint density at radius 2 is 2.05 bits per heavy atom. The highest BCUT2D eigenvalue weighted by Gasteiger charge is 2.10. The van der Waals surface area contributed by atoms with Gasteiger partial charge in [-0.2, -0.15) is 0 Å². The van der Waals surface area contributed by atoms with Crippen molar-refractivity contribution in [2.75, 3.05) is 12.8 Å². The van der Waals surface area contributed by atoms with E-state index in [4.69, 9.17) is 10.5 Å². The van der Waals surface area contributed by atoms with Crippen LogP contribution in [-0.2, 0) is 0 Å². The monoisotopic (exact) mass is 257 g/mol. The average Bonchev–Trinajstić information content (AvgIpc) is 2.81. The molecule has 0 amide bonds. The zero-order chi connectivity index (χ0) is 13.4. The number of benzene rings is 2. The third-order valence-electron chi connectivity index (χ3n) is 2.97. The molecule has 0 saturated heterocycles. The summed E-state index contributed by atoms with van der Waals surface area (Å²) >= 11 is 0. The van der Waals surface area contributed by atoms with E-state index in [1.54, 1.807) is 24.5 Å². The molecular weight excluding hydrogens is 245 g/mol. The van der Waals surface area contributed by atoms with Gasteiger partial charge in [-0.1, -0.05) is 0 Å². The number of ether oxygens (including phenoxy) is 1. The summed E-state index contributed by atoms with van der Waals surface area (Å²) < 4.78 is 20.3. The summed E-state index contributed by atoms with van der Waals surface area (Å²) in [7, 11) is 1.51. The van der Waals surface area contributed by atoms with Gasteiger partial charge in [-0.25, -0.2) is 9.37 Å². The molecule has 2 N–H and O–H groups in total. The number of anilines is 1. The maximum Gasteiger partial charge on any atom is 0.145 e. The summed E-state index contributed by atoms with van der Waals surface area (Å²) in [5.41, 5.74) is 8.78. The smallest absolute Gasteiger partial charge is 0.145 e. The van der Waals surface area contributed by atoms with Crippen LogP contribution in [0.25, 0.3) is 16.7 Å². The van der Waals surface area contributed by atoms with E-state index >= 15 is 0 Å². The lowest BCUT2D eigenvalue weighted by Gasteiger charge is -2.10. The summed E-state index contributed by atoms with van der Waals surface area (Å²) in [5, 5.41) is 0. The fourth-order valence-electron chi connectivity index (χ4n) is 2.07. The molecule has 19 heavy (non-hydrogen) atoms. The van der Waals surface area contributed by atoms with Crippen LogP contribution in [0.4, 0.5) is 10.1 Å². The van der Waals surface area contributed by atoms with Crippen molar-refractivity contribution in [3.63, 3.8) is 0 Å². The maximum absolute atomic E-state index is 13.2. The van der Waals surface area contributed by atoms with Crippen LogP contribution >= 0.6 is 0 Å². The number of rotatable bonds is 2. The molecule has 3 rings (SSSR count). The predicted octanol–water partition coefficient (Wildman–Crippen LogP) is 2.76. The number of aromatic nitrogens is 2. The summed E-state index contributed by atoms with van der Waals surface area (Å²) in [6.07, 6.45) is 1.67. The molecule has 1 heterocycles. The van der Waals surface area contributed by atoms with Crippen molar-refractivity contribution < 1.29 is 9.13 Å². The van der Waals surface area contributed by atoms with Crippen LogP contribution in [0.1, 0.15) is 0 Å². The summed E-state index contributed by atoms with van der Waals surface area (Å²) in [6, 6.07) is 9.86. The first-order valence-corrected chi connectivity index (χ1v) is 5.75. The molecule has 4 nitrogen and oxygen atoms in total. The van der Waals surface area contributed by atoms with E-state index in [0.29, 0.717) is 11.4 Å². The molecule has 96 valence electrons. The van der Waals surface area contributed by atoms with Gasteiger partial charge in [-0.05, 0) is 30.3 Å². The van der Waals surface area contributed by atoms with Crippen LogP contribution in [0, 0.1) is 5.82 Å². The van der Waals surface area contributed by atoms with Gasteiger partial charge < -0.3 is 10.5 Å². The minimum absolute atomic E-state index is 0.339. The van der Waals surface area contributed by atoms with E-state index in [2.05, 4.69) is 4.98 Å². The Balaban J connectivity index is 2.24. The molecule has 5 heteroatoms. The highest BCUT2D eigenvalue weighted by Crippen LogP contribution is 2.27. The lowest BCUT2D eigenvalue weighted by atomic mass is 10.2. The Bertz CT molecular complexity index is 752. The number of nitrogens with zero attached hydrogens (tertiary/aromatic N) is 2. The molecule has 3 aromatic rings. The summed E-state index contributed by atoms with van der Waals surface area (Å²) in [5.74, 6) is 0.116. The fraction of sp³-hybridized carbons (Fsp3) is 0.0714. The van der Waals surface area contributed by atoms with Crippen LogP contribution in [0.3, 0.4) is 0 Å². The van der Waals surface area contributed by atoms with Gasteiger partial charge in [0, 0.05) is 11.8 Å². The van der Waals surface area contributed by atoms with Gasteiger partial charge in [0.25, 0.3) is 0 Å².